The molecule has 1 aliphatic rings. The summed E-state index contributed by atoms with van der Waals surface area (Å²) in [7, 11) is -2.02. The number of hydrogen-bond acceptors (Lipinski definition) is 6. The summed E-state index contributed by atoms with van der Waals surface area (Å²) in [6.45, 7) is 3.52. The molecule has 1 atom stereocenters. The van der Waals surface area contributed by atoms with E-state index in [0.29, 0.717) is 37.6 Å². The third kappa shape index (κ3) is 5.75. The van der Waals surface area contributed by atoms with Gasteiger partial charge in [0.05, 0.1) is 17.7 Å². The fraction of sp³-hybridized carbons (Fsp3) is 0.269. The molecule has 0 unspecified atom stereocenters. The van der Waals surface area contributed by atoms with Crippen LogP contribution >= 0.6 is 0 Å². The van der Waals surface area contributed by atoms with E-state index in [-0.39, 0.29) is 10.8 Å². The Labute approximate surface area is 206 Å². The summed E-state index contributed by atoms with van der Waals surface area (Å²) in [6.07, 6.45) is -0.708. The van der Waals surface area contributed by atoms with Crippen LogP contribution in [0.4, 0.5) is 11.4 Å². The maximum atomic E-state index is 13.2. The van der Waals surface area contributed by atoms with Gasteiger partial charge in [-0.15, -0.1) is 0 Å². The third-order valence-electron chi connectivity index (χ3n) is 5.85. The van der Waals surface area contributed by atoms with Crippen LogP contribution in [0.15, 0.2) is 83.8 Å². The number of amides is 1. The van der Waals surface area contributed by atoms with Crippen LogP contribution in [0.25, 0.3) is 0 Å². The zero-order valence-corrected chi connectivity index (χ0v) is 20.6. The Balaban J connectivity index is 1.36. The van der Waals surface area contributed by atoms with Crippen LogP contribution in [0, 0.1) is 0 Å². The number of hydrogen-bond donors (Lipinski definition) is 1. The van der Waals surface area contributed by atoms with Gasteiger partial charge in [0, 0.05) is 31.9 Å². The van der Waals surface area contributed by atoms with E-state index in [1.54, 1.807) is 38.3 Å². The van der Waals surface area contributed by atoms with Gasteiger partial charge in [0.2, 0.25) is 10.0 Å². The Bertz CT molecular complexity index is 1240. The minimum absolute atomic E-state index is 0.190. The summed E-state index contributed by atoms with van der Waals surface area (Å²) in [6, 6.07) is 23.0. The van der Waals surface area contributed by atoms with Crippen LogP contribution in [0.2, 0.25) is 0 Å². The van der Waals surface area contributed by atoms with Crippen molar-refractivity contribution in [3.05, 3.63) is 78.9 Å². The fourth-order valence-electron chi connectivity index (χ4n) is 3.92. The molecular weight excluding hydrogens is 466 g/mol. The van der Waals surface area contributed by atoms with Crippen molar-refractivity contribution in [2.45, 2.75) is 17.9 Å². The van der Waals surface area contributed by atoms with Crippen LogP contribution < -0.4 is 19.7 Å². The first-order chi connectivity index (χ1) is 16.9. The third-order valence-corrected chi connectivity index (χ3v) is 7.76. The van der Waals surface area contributed by atoms with Gasteiger partial charge in [-0.2, -0.15) is 4.31 Å². The molecule has 1 fully saturated rings. The molecule has 8 nitrogen and oxygen atoms in total. The Kier molecular flexibility index (Phi) is 7.57. The molecule has 1 aliphatic heterocycles. The highest BCUT2D eigenvalue weighted by Crippen LogP contribution is 2.29. The first-order valence-electron chi connectivity index (χ1n) is 11.4. The van der Waals surface area contributed by atoms with E-state index in [4.69, 9.17) is 9.47 Å². The van der Waals surface area contributed by atoms with Gasteiger partial charge in [-0.05, 0) is 55.5 Å². The molecule has 35 heavy (non-hydrogen) atoms. The molecule has 1 heterocycles. The van der Waals surface area contributed by atoms with Crippen LogP contribution in [-0.4, -0.2) is 58.0 Å². The van der Waals surface area contributed by atoms with Gasteiger partial charge < -0.3 is 19.7 Å². The van der Waals surface area contributed by atoms with Crippen molar-refractivity contribution in [3.8, 4) is 11.5 Å². The number of ether oxygens (including phenoxy) is 2. The van der Waals surface area contributed by atoms with Gasteiger partial charge in [-0.1, -0.05) is 30.3 Å². The van der Waals surface area contributed by atoms with E-state index in [0.717, 1.165) is 11.4 Å². The molecule has 0 bridgehead atoms. The first-order valence-corrected chi connectivity index (χ1v) is 12.8. The molecule has 1 N–H and O–H groups in total. The predicted molar refractivity (Wildman–Crippen MR) is 136 cm³/mol. The highest BCUT2D eigenvalue weighted by molar-refractivity contribution is 7.89. The van der Waals surface area contributed by atoms with Gasteiger partial charge in [-0.25, -0.2) is 8.42 Å². The van der Waals surface area contributed by atoms with Crippen molar-refractivity contribution < 1.29 is 22.7 Å². The molecule has 9 heteroatoms. The number of sulfonamides is 1. The average molecular weight is 496 g/mol. The lowest BCUT2D eigenvalue weighted by atomic mass is 10.2. The van der Waals surface area contributed by atoms with E-state index in [2.05, 4.69) is 10.2 Å². The molecule has 0 saturated carbocycles. The molecule has 0 aromatic heterocycles. The Morgan fingerprint density at radius 1 is 0.886 bits per heavy atom. The molecule has 4 rings (SSSR count). The summed E-state index contributed by atoms with van der Waals surface area (Å²) in [5.41, 5.74) is 1.45. The molecule has 3 aromatic carbocycles. The quantitative estimate of drug-likeness (QED) is 0.514. The number of anilines is 2. The van der Waals surface area contributed by atoms with E-state index in [1.165, 1.54) is 16.4 Å². The van der Waals surface area contributed by atoms with E-state index in [1.807, 2.05) is 42.5 Å². The highest BCUT2D eigenvalue weighted by atomic mass is 32.2. The topological polar surface area (TPSA) is 88.2 Å². The van der Waals surface area contributed by atoms with Gasteiger partial charge >= 0.3 is 0 Å². The van der Waals surface area contributed by atoms with Crippen LogP contribution in [0.3, 0.4) is 0 Å². The molecule has 0 aliphatic carbocycles. The number of para-hydroxylation sites is 3. The van der Waals surface area contributed by atoms with Crippen molar-refractivity contribution in [2.75, 3.05) is 43.5 Å². The van der Waals surface area contributed by atoms with E-state index < -0.39 is 16.1 Å². The van der Waals surface area contributed by atoms with Gasteiger partial charge in [0.25, 0.3) is 5.91 Å². The second kappa shape index (κ2) is 10.8. The fourth-order valence-corrected chi connectivity index (χ4v) is 5.34. The zero-order chi connectivity index (χ0) is 24.8. The summed E-state index contributed by atoms with van der Waals surface area (Å²) >= 11 is 0. The number of nitrogens with one attached hydrogen (secondary N) is 1. The van der Waals surface area contributed by atoms with Crippen LogP contribution in [0.1, 0.15) is 6.92 Å². The SMILES string of the molecule is COc1ccccc1N1CCN(S(=O)(=O)c2ccc(NC(=O)[C@@H](C)Oc3ccccc3)cc2)CC1. The number of rotatable bonds is 8. The normalized spacial score (nSPS) is 15.3. The molecule has 184 valence electrons. The Morgan fingerprint density at radius 3 is 2.17 bits per heavy atom. The minimum atomic E-state index is -3.65. The maximum absolute atomic E-state index is 13.2. The summed E-state index contributed by atoms with van der Waals surface area (Å²) in [5, 5.41) is 2.76. The van der Waals surface area contributed by atoms with Crippen LogP contribution in [-0.2, 0) is 14.8 Å². The minimum Gasteiger partial charge on any atom is -0.495 e. The molecule has 1 saturated heterocycles. The molecule has 0 radical (unpaired) electrons. The molecular formula is C26H29N3O5S. The Morgan fingerprint density at radius 2 is 1.51 bits per heavy atom. The van der Waals surface area contributed by atoms with Crippen LogP contribution in [0.5, 0.6) is 11.5 Å². The lowest BCUT2D eigenvalue weighted by Crippen LogP contribution is -2.48. The maximum Gasteiger partial charge on any atom is 0.265 e. The largest absolute Gasteiger partial charge is 0.495 e. The second-order valence-corrected chi connectivity index (χ2v) is 10.1. The predicted octanol–water partition coefficient (Wildman–Crippen LogP) is 3.61. The number of benzene rings is 3. The number of carbonyl (C=O) groups excluding carboxylic acids is 1. The number of methoxy groups -OCH3 is 1. The lowest BCUT2D eigenvalue weighted by Gasteiger charge is -2.35. The van der Waals surface area contributed by atoms with Gasteiger partial charge in [-0.3, -0.25) is 4.79 Å². The van der Waals surface area contributed by atoms with E-state index >= 15 is 0 Å². The van der Waals surface area contributed by atoms with Crippen molar-refractivity contribution in [3.63, 3.8) is 0 Å². The molecule has 0 spiro atoms. The Hall–Kier alpha value is -3.56. The molecule has 3 aromatic rings. The zero-order valence-electron chi connectivity index (χ0n) is 19.8. The highest BCUT2D eigenvalue weighted by Gasteiger charge is 2.29. The van der Waals surface area contributed by atoms with Crippen molar-refractivity contribution >= 4 is 27.3 Å². The summed E-state index contributed by atoms with van der Waals surface area (Å²) in [4.78, 5) is 14.8. The van der Waals surface area contributed by atoms with Gasteiger partial charge in [0.1, 0.15) is 11.5 Å². The van der Waals surface area contributed by atoms with Crippen molar-refractivity contribution in [1.29, 1.82) is 0 Å². The smallest absolute Gasteiger partial charge is 0.265 e. The van der Waals surface area contributed by atoms with Crippen molar-refractivity contribution in [2.24, 2.45) is 0 Å². The standard InChI is InChI=1S/C26H29N3O5S/c1-20(34-22-8-4-3-5-9-22)26(30)27-21-12-14-23(15-13-21)35(31,32)29-18-16-28(17-19-29)24-10-6-7-11-25(24)33-2/h3-15,20H,16-19H2,1-2H3,(H,27,30)/t20-/m1/s1. The average Bonchev–Trinajstić information content (AvgIpc) is 2.89. The van der Waals surface area contributed by atoms with Gasteiger partial charge in [0.15, 0.2) is 6.10 Å². The monoisotopic (exact) mass is 495 g/mol. The first kappa shape index (κ1) is 24.6. The van der Waals surface area contributed by atoms with E-state index in [9.17, 15) is 13.2 Å². The number of carbonyl (C=O) groups is 1. The molecule has 1 amide bonds. The summed E-state index contributed by atoms with van der Waals surface area (Å²) < 4.78 is 38.9. The van der Waals surface area contributed by atoms with Crippen molar-refractivity contribution in [1.82, 2.24) is 4.31 Å². The second-order valence-electron chi connectivity index (χ2n) is 8.15. The number of piperazine rings is 1. The lowest BCUT2D eigenvalue weighted by molar-refractivity contribution is -0.122. The number of nitrogens with zero attached hydrogens (tertiary/aromatic N) is 2. The summed E-state index contributed by atoms with van der Waals surface area (Å²) in [5.74, 6) is 1.05.